The largest absolute Gasteiger partial charge is 0.242 e. The van der Waals surface area contributed by atoms with Crippen molar-refractivity contribution in [2.45, 2.75) is 30.4 Å². The van der Waals surface area contributed by atoms with E-state index in [-0.39, 0.29) is 5.82 Å². The second-order valence-corrected chi connectivity index (χ2v) is 8.79. The molecule has 0 aliphatic heterocycles. The summed E-state index contributed by atoms with van der Waals surface area (Å²) in [6.07, 6.45) is 3.06. The van der Waals surface area contributed by atoms with Crippen molar-refractivity contribution in [3.05, 3.63) is 107 Å². The first-order valence-corrected chi connectivity index (χ1v) is 11.4. The summed E-state index contributed by atoms with van der Waals surface area (Å²) in [6.45, 7) is 4.27. The van der Waals surface area contributed by atoms with Crippen molar-refractivity contribution >= 4 is 34.3 Å². The lowest BCUT2D eigenvalue weighted by Gasteiger charge is -2.15. The fraction of sp³-hybridized carbons (Fsp3) is 0.160. The van der Waals surface area contributed by atoms with Gasteiger partial charge < -0.3 is 0 Å². The maximum Gasteiger partial charge on any atom is 0.123 e. The van der Waals surface area contributed by atoms with E-state index in [0.29, 0.717) is 5.25 Å². The first-order valence-electron chi connectivity index (χ1n) is 9.60. The highest BCUT2D eigenvalue weighted by Crippen LogP contribution is 2.34. The van der Waals surface area contributed by atoms with Crippen LogP contribution in [0.2, 0.25) is 0 Å². The summed E-state index contributed by atoms with van der Waals surface area (Å²) in [7, 11) is 0. The van der Waals surface area contributed by atoms with Crippen molar-refractivity contribution < 1.29 is 4.39 Å². The number of halogens is 1. The predicted molar refractivity (Wildman–Crippen MR) is 127 cm³/mol. The van der Waals surface area contributed by atoms with Crippen molar-refractivity contribution in [3.8, 4) is 0 Å². The third-order valence-corrected chi connectivity index (χ3v) is 6.48. The molecule has 148 valence electrons. The molecule has 3 aromatic carbocycles. The van der Waals surface area contributed by atoms with Crippen LogP contribution < -0.4 is 0 Å². The fourth-order valence-corrected chi connectivity index (χ4v) is 4.52. The number of aliphatic imine (C=N–C) groups is 1. The molecule has 0 N–H and O–H groups in total. The van der Waals surface area contributed by atoms with E-state index in [1.165, 1.54) is 23.3 Å². The molecular weight excluding hydrogens is 397 g/mol. The van der Waals surface area contributed by atoms with Gasteiger partial charge in [0.15, 0.2) is 0 Å². The molecule has 0 saturated heterocycles. The molecule has 0 heterocycles. The van der Waals surface area contributed by atoms with E-state index in [2.05, 4.69) is 50.2 Å². The number of nitrogens with zero attached hydrogens (tertiary/aromatic N) is 1. The van der Waals surface area contributed by atoms with Crippen molar-refractivity contribution in [1.29, 1.82) is 0 Å². The summed E-state index contributed by atoms with van der Waals surface area (Å²) in [5, 5.41) is 3.31. The molecule has 0 amide bonds. The molecule has 0 spiro atoms. The Morgan fingerprint density at radius 3 is 2.31 bits per heavy atom. The first-order chi connectivity index (χ1) is 14.1. The normalized spacial score (nSPS) is 13.0. The summed E-state index contributed by atoms with van der Waals surface area (Å²) in [5.41, 5.74) is 3.46. The highest BCUT2D eigenvalue weighted by molar-refractivity contribution is 8.14. The summed E-state index contributed by atoms with van der Waals surface area (Å²) in [6, 6.07) is 25.3. The SMILES string of the molecule is CCC(SC(C=CSc1ccc(F)cc1)=Nc1ccc(C)cc1)c1ccccc1. The zero-order valence-corrected chi connectivity index (χ0v) is 18.2. The monoisotopic (exact) mass is 421 g/mol. The van der Waals surface area contributed by atoms with Gasteiger partial charge in [-0.1, -0.05) is 78.5 Å². The van der Waals surface area contributed by atoms with Crippen LogP contribution in [0.3, 0.4) is 0 Å². The number of hydrogen-bond acceptors (Lipinski definition) is 3. The maximum atomic E-state index is 13.1. The molecule has 3 aromatic rings. The average molecular weight is 422 g/mol. The molecule has 0 radical (unpaired) electrons. The molecule has 29 heavy (non-hydrogen) atoms. The zero-order valence-electron chi connectivity index (χ0n) is 16.6. The Labute approximate surface area is 181 Å². The van der Waals surface area contributed by atoms with E-state index in [1.54, 1.807) is 35.7 Å². The lowest BCUT2D eigenvalue weighted by molar-refractivity contribution is 0.626. The van der Waals surface area contributed by atoms with Gasteiger partial charge in [0.2, 0.25) is 0 Å². The van der Waals surface area contributed by atoms with Gasteiger partial charge in [0.25, 0.3) is 0 Å². The van der Waals surface area contributed by atoms with Crippen LogP contribution in [-0.4, -0.2) is 5.04 Å². The molecule has 3 rings (SSSR count). The van der Waals surface area contributed by atoms with Crippen molar-refractivity contribution in [2.75, 3.05) is 0 Å². The molecule has 1 unspecified atom stereocenters. The Bertz CT molecular complexity index is 948. The Balaban J connectivity index is 1.81. The number of hydrogen-bond donors (Lipinski definition) is 0. The van der Waals surface area contributed by atoms with Crippen molar-refractivity contribution in [1.82, 2.24) is 0 Å². The number of benzene rings is 3. The van der Waals surface area contributed by atoms with Crippen LogP contribution in [0.1, 0.15) is 29.7 Å². The van der Waals surface area contributed by atoms with Gasteiger partial charge in [-0.15, -0.1) is 0 Å². The summed E-state index contributed by atoms with van der Waals surface area (Å²) < 4.78 is 13.1. The molecule has 1 nitrogen and oxygen atoms in total. The quantitative estimate of drug-likeness (QED) is 0.216. The molecular formula is C25H24FNS2. The molecule has 0 bridgehead atoms. The van der Waals surface area contributed by atoms with E-state index >= 15 is 0 Å². The minimum atomic E-state index is -0.218. The Morgan fingerprint density at radius 1 is 0.966 bits per heavy atom. The summed E-state index contributed by atoms with van der Waals surface area (Å²) in [5.74, 6) is -0.218. The lowest BCUT2D eigenvalue weighted by atomic mass is 10.1. The van der Waals surface area contributed by atoms with Gasteiger partial charge in [0.05, 0.1) is 10.7 Å². The molecule has 1 atom stereocenters. The third kappa shape index (κ3) is 6.91. The number of rotatable bonds is 7. The molecule has 4 heteroatoms. The van der Waals surface area contributed by atoms with Gasteiger partial charge in [-0.05, 0) is 66.8 Å². The van der Waals surface area contributed by atoms with Crippen molar-refractivity contribution in [2.24, 2.45) is 4.99 Å². The summed E-state index contributed by atoms with van der Waals surface area (Å²) in [4.78, 5) is 5.88. The molecule has 0 aromatic heterocycles. The van der Waals surface area contributed by atoms with Gasteiger partial charge in [-0.3, -0.25) is 0 Å². The Hall–Kier alpha value is -2.30. The molecule has 0 aliphatic carbocycles. The lowest BCUT2D eigenvalue weighted by Crippen LogP contribution is -1.97. The smallest absolute Gasteiger partial charge is 0.123 e. The molecule has 0 aliphatic rings. The van der Waals surface area contributed by atoms with Crippen LogP contribution in [0.5, 0.6) is 0 Å². The molecule has 0 fully saturated rings. The minimum Gasteiger partial charge on any atom is -0.242 e. The van der Waals surface area contributed by atoms with Gasteiger partial charge in [0.1, 0.15) is 5.82 Å². The van der Waals surface area contributed by atoms with Crippen LogP contribution in [-0.2, 0) is 0 Å². The van der Waals surface area contributed by atoms with Crippen LogP contribution in [0.4, 0.5) is 10.1 Å². The average Bonchev–Trinajstić information content (AvgIpc) is 2.75. The number of thioether (sulfide) groups is 2. The van der Waals surface area contributed by atoms with E-state index in [4.69, 9.17) is 4.99 Å². The Kier molecular flexibility index (Phi) is 8.14. The second kappa shape index (κ2) is 11.0. The van der Waals surface area contributed by atoms with E-state index in [0.717, 1.165) is 22.0 Å². The number of aryl methyl sites for hydroxylation is 1. The van der Waals surface area contributed by atoms with Crippen molar-refractivity contribution in [3.63, 3.8) is 0 Å². The standard InChI is InChI=1S/C25H24FNS2/c1-3-24(20-7-5-4-6-8-20)29-25(27-22-13-9-19(2)10-14-22)17-18-28-23-15-11-21(26)12-16-23/h4-18,24H,3H2,1-2H3. The van der Waals surface area contributed by atoms with E-state index < -0.39 is 0 Å². The van der Waals surface area contributed by atoms with Crippen LogP contribution in [0, 0.1) is 12.7 Å². The minimum absolute atomic E-state index is 0.218. The highest BCUT2D eigenvalue weighted by atomic mass is 32.2. The molecule has 0 saturated carbocycles. The van der Waals surface area contributed by atoms with Crippen LogP contribution in [0.15, 0.2) is 100 Å². The third-order valence-electron chi connectivity index (χ3n) is 4.31. The zero-order chi connectivity index (χ0) is 20.5. The van der Waals surface area contributed by atoms with Crippen LogP contribution in [0.25, 0.3) is 0 Å². The fourth-order valence-electron chi connectivity index (χ4n) is 2.73. The van der Waals surface area contributed by atoms with Gasteiger partial charge in [0, 0.05) is 10.1 Å². The second-order valence-electron chi connectivity index (χ2n) is 6.59. The van der Waals surface area contributed by atoms with E-state index in [1.807, 2.05) is 29.7 Å². The Morgan fingerprint density at radius 2 is 1.66 bits per heavy atom. The maximum absolute atomic E-state index is 13.1. The predicted octanol–water partition coefficient (Wildman–Crippen LogP) is 8.35. The van der Waals surface area contributed by atoms with Crippen LogP contribution >= 0.6 is 23.5 Å². The van der Waals surface area contributed by atoms with Gasteiger partial charge >= 0.3 is 0 Å². The van der Waals surface area contributed by atoms with Gasteiger partial charge in [-0.2, -0.15) is 0 Å². The van der Waals surface area contributed by atoms with E-state index in [9.17, 15) is 4.39 Å². The summed E-state index contributed by atoms with van der Waals surface area (Å²) >= 11 is 3.33. The highest BCUT2D eigenvalue weighted by Gasteiger charge is 2.12. The topological polar surface area (TPSA) is 12.4 Å². The first kappa shape index (κ1) is 21.4. The van der Waals surface area contributed by atoms with Gasteiger partial charge in [-0.25, -0.2) is 9.38 Å².